The molecule has 2 N–H and O–H groups in total. The molecule has 5 nitrogen and oxygen atoms in total. The Bertz CT molecular complexity index is 1120. The maximum absolute atomic E-state index is 12.5. The van der Waals surface area contributed by atoms with Crippen LogP contribution in [0.2, 0.25) is 0 Å². The average molecular weight is 408 g/mol. The van der Waals surface area contributed by atoms with E-state index in [0.717, 1.165) is 17.5 Å². The van der Waals surface area contributed by atoms with Gasteiger partial charge in [0.25, 0.3) is 5.91 Å². The van der Waals surface area contributed by atoms with E-state index >= 15 is 0 Å². The molecule has 30 heavy (non-hydrogen) atoms. The van der Waals surface area contributed by atoms with Crippen molar-refractivity contribution in [3.63, 3.8) is 0 Å². The van der Waals surface area contributed by atoms with E-state index in [4.69, 9.17) is 0 Å². The van der Waals surface area contributed by atoms with E-state index in [2.05, 4.69) is 21.4 Å². The van der Waals surface area contributed by atoms with Crippen molar-refractivity contribution < 1.29 is 23.1 Å². The molecule has 0 saturated heterocycles. The minimum Gasteiger partial charge on any atom is -0.434 e. The van der Waals surface area contributed by atoms with E-state index in [9.17, 15) is 18.4 Å². The fourth-order valence-electron chi connectivity index (χ4n) is 3.52. The molecule has 0 saturated carbocycles. The third-order valence-electron chi connectivity index (χ3n) is 4.84. The number of benzene rings is 3. The third-order valence-corrected chi connectivity index (χ3v) is 4.84. The van der Waals surface area contributed by atoms with Gasteiger partial charge in [0, 0.05) is 5.69 Å². The fourth-order valence-corrected chi connectivity index (χ4v) is 3.52. The summed E-state index contributed by atoms with van der Waals surface area (Å²) in [7, 11) is 0. The second-order valence-corrected chi connectivity index (χ2v) is 6.81. The Balaban J connectivity index is 1.39. The van der Waals surface area contributed by atoms with Crippen molar-refractivity contribution in [2.75, 3.05) is 11.9 Å². The number of carbonyl (C=O) groups excluding carboxylic acids is 2. The van der Waals surface area contributed by atoms with Crippen molar-refractivity contribution >= 4 is 17.5 Å². The van der Waals surface area contributed by atoms with E-state index in [1.165, 1.54) is 35.4 Å². The maximum atomic E-state index is 12.5. The van der Waals surface area contributed by atoms with Crippen molar-refractivity contribution in [1.82, 2.24) is 5.32 Å². The summed E-state index contributed by atoms with van der Waals surface area (Å²) in [5, 5.41) is 5.18. The first-order valence-corrected chi connectivity index (χ1v) is 9.34. The highest BCUT2D eigenvalue weighted by Crippen LogP contribution is 2.37. The van der Waals surface area contributed by atoms with Crippen molar-refractivity contribution in [3.05, 3.63) is 83.4 Å². The van der Waals surface area contributed by atoms with Gasteiger partial charge in [-0.1, -0.05) is 42.5 Å². The zero-order valence-corrected chi connectivity index (χ0v) is 15.8. The molecule has 0 heterocycles. The molecule has 2 amide bonds. The van der Waals surface area contributed by atoms with Crippen LogP contribution in [0.3, 0.4) is 0 Å². The molecular weight excluding hydrogens is 390 g/mol. The topological polar surface area (TPSA) is 67.4 Å². The van der Waals surface area contributed by atoms with Crippen molar-refractivity contribution in [2.24, 2.45) is 0 Å². The van der Waals surface area contributed by atoms with Gasteiger partial charge in [-0.25, -0.2) is 0 Å². The molecular formula is C23H18F2N2O3. The summed E-state index contributed by atoms with van der Waals surface area (Å²) < 4.78 is 29.3. The molecule has 0 spiro atoms. The number of hydrogen-bond acceptors (Lipinski definition) is 3. The average Bonchev–Trinajstić information content (AvgIpc) is 3.10. The third kappa shape index (κ3) is 4.15. The molecule has 4 rings (SSSR count). The summed E-state index contributed by atoms with van der Waals surface area (Å²) in [6.45, 7) is -3.36. The van der Waals surface area contributed by atoms with E-state index in [1.54, 1.807) is 0 Å². The van der Waals surface area contributed by atoms with E-state index in [0.29, 0.717) is 5.69 Å². The van der Waals surface area contributed by atoms with Gasteiger partial charge in [0.2, 0.25) is 5.91 Å². The number of rotatable bonds is 6. The largest absolute Gasteiger partial charge is 0.434 e. The number of amides is 2. The van der Waals surface area contributed by atoms with Crippen LogP contribution in [0, 0.1) is 0 Å². The molecule has 3 aromatic carbocycles. The molecule has 0 atom stereocenters. The van der Waals surface area contributed by atoms with Crippen LogP contribution in [0.5, 0.6) is 5.75 Å². The molecule has 1 aliphatic carbocycles. The number of fused-ring (bicyclic) bond motifs is 3. The zero-order chi connectivity index (χ0) is 21.1. The number of alkyl halides is 2. The Kier molecular flexibility index (Phi) is 5.43. The van der Waals surface area contributed by atoms with Gasteiger partial charge in [-0.05, 0) is 52.9 Å². The Labute approximate surface area is 171 Å². The van der Waals surface area contributed by atoms with Gasteiger partial charge in [0.05, 0.1) is 12.1 Å². The summed E-state index contributed by atoms with van der Waals surface area (Å²) in [5.74, 6) is -1.35. The molecule has 0 aliphatic heterocycles. The van der Waals surface area contributed by atoms with Gasteiger partial charge in [-0.2, -0.15) is 8.78 Å². The molecule has 0 unspecified atom stereocenters. The summed E-state index contributed by atoms with van der Waals surface area (Å²) in [4.78, 5) is 24.6. The van der Waals surface area contributed by atoms with Crippen LogP contribution in [0.15, 0.2) is 66.7 Å². The summed E-state index contributed by atoms with van der Waals surface area (Å²) >= 11 is 0. The van der Waals surface area contributed by atoms with Crippen LogP contribution in [-0.4, -0.2) is 25.0 Å². The monoisotopic (exact) mass is 408 g/mol. The normalized spacial score (nSPS) is 11.6. The summed E-state index contributed by atoms with van der Waals surface area (Å²) in [5.41, 5.74) is 5.20. The second kappa shape index (κ2) is 8.32. The van der Waals surface area contributed by atoms with E-state index in [1.807, 2.05) is 36.4 Å². The smallest absolute Gasteiger partial charge is 0.387 e. The molecule has 152 valence electrons. The number of nitrogens with one attached hydrogen (secondary N) is 2. The summed E-state index contributed by atoms with van der Waals surface area (Å²) in [6, 6.07) is 19.4. The van der Waals surface area contributed by atoms with Crippen LogP contribution in [0.25, 0.3) is 11.1 Å². The molecule has 3 aromatic rings. The maximum Gasteiger partial charge on any atom is 0.387 e. The summed E-state index contributed by atoms with van der Waals surface area (Å²) in [6.07, 6.45) is 0.857. The lowest BCUT2D eigenvalue weighted by Crippen LogP contribution is -2.33. The molecule has 1 aliphatic rings. The van der Waals surface area contributed by atoms with Gasteiger partial charge in [0.1, 0.15) is 5.75 Å². The first-order valence-electron chi connectivity index (χ1n) is 9.34. The van der Waals surface area contributed by atoms with Gasteiger partial charge in [-0.3, -0.25) is 9.59 Å². The van der Waals surface area contributed by atoms with Crippen molar-refractivity contribution in [1.29, 1.82) is 0 Å². The number of para-hydroxylation sites is 1. The second-order valence-electron chi connectivity index (χ2n) is 6.81. The Morgan fingerprint density at radius 3 is 2.50 bits per heavy atom. The number of carbonyl (C=O) groups is 2. The van der Waals surface area contributed by atoms with Gasteiger partial charge >= 0.3 is 6.61 Å². The highest BCUT2D eigenvalue weighted by atomic mass is 19.3. The van der Waals surface area contributed by atoms with E-state index < -0.39 is 18.4 Å². The lowest BCUT2D eigenvalue weighted by molar-refractivity contribution is -0.115. The molecule has 0 fully saturated rings. The van der Waals surface area contributed by atoms with Crippen molar-refractivity contribution in [3.8, 4) is 16.9 Å². The highest BCUT2D eigenvalue weighted by Gasteiger charge is 2.19. The molecule has 7 heteroatoms. The van der Waals surface area contributed by atoms with Crippen LogP contribution in [0.4, 0.5) is 14.5 Å². The zero-order valence-electron chi connectivity index (χ0n) is 15.8. The fraction of sp³-hybridized carbons (Fsp3) is 0.130. The van der Waals surface area contributed by atoms with Gasteiger partial charge in [-0.15, -0.1) is 0 Å². The SMILES string of the molecule is O=C(CNC(=O)c1ccccc1OC(F)F)Nc1ccc2c(c1)-c1ccccc1C2. The molecule has 0 bridgehead atoms. The number of halogens is 2. The number of hydrogen-bond donors (Lipinski definition) is 2. The number of ether oxygens (including phenoxy) is 1. The van der Waals surface area contributed by atoms with Crippen molar-refractivity contribution in [2.45, 2.75) is 13.0 Å². The first-order chi connectivity index (χ1) is 14.5. The highest BCUT2D eigenvalue weighted by molar-refractivity contribution is 6.01. The predicted octanol–water partition coefficient (Wildman–Crippen LogP) is 4.23. The minimum atomic E-state index is -3.05. The minimum absolute atomic E-state index is 0.0697. The lowest BCUT2D eigenvalue weighted by atomic mass is 10.1. The Morgan fingerprint density at radius 1 is 0.933 bits per heavy atom. The molecule has 0 aromatic heterocycles. The molecule has 0 radical (unpaired) electrons. The lowest BCUT2D eigenvalue weighted by Gasteiger charge is -2.11. The van der Waals surface area contributed by atoms with Crippen LogP contribution >= 0.6 is 0 Å². The van der Waals surface area contributed by atoms with Crippen LogP contribution in [-0.2, 0) is 11.2 Å². The first kappa shape index (κ1) is 19.6. The predicted molar refractivity (Wildman–Crippen MR) is 109 cm³/mol. The van der Waals surface area contributed by atoms with E-state index in [-0.39, 0.29) is 17.9 Å². The van der Waals surface area contributed by atoms with Crippen LogP contribution < -0.4 is 15.4 Å². The Morgan fingerprint density at radius 2 is 1.67 bits per heavy atom. The Hall–Kier alpha value is -3.74. The standard InChI is InChI=1S/C23H18F2N2O3/c24-23(25)30-20-8-4-3-7-18(20)22(29)26-13-21(28)27-16-10-9-15-11-14-5-1-2-6-17(14)19(15)12-16/h1-10,12,23H,11,13H2,(H,26,29)(H,27,28). The quantitative estimate of drug-likeness (QED) is 0.502. The van der Waals surface area contributed by atoms with Gasteiger partial charge < -0.3 is 15.4 Å². The van der Waals surface area contributed by atoms with Gasteiger partial charge in [0.15, 0.2) is 0 Å². The number of anilines is 1. The van der Waals surface area contributed by atoms with Crippen LogP contribution in [0.1, 0.15) is 21.5 Å².